The summed E-state index contributed by atoms with van der Waals surface area (Å²) in [5, 5.41) is 24.4. The first-order chi connectivity index (χ1) is 9.35. The smallest absolute Gasteiger partial charge is 0.323 e. The summed E-state index contributed by atoms with van der Waals surface area (Å²) in [6.07, 6.45) is 2.08. The molecule has 1 fully saturated rings. The molecule has 1 aliphatic heterocycles. The van der Waals surface area contributed by atoms with Crippen molar-refractivity contribution in [1.29, 1.82) is 0 Å². The highest BCUT2D eigenvalue weighted by atomic mass is 32.1. The van der Waals surface area contributed by atoms with Crippen LogP contribution in [0.1, 0.15) is 37.7 Å². The van der Waals surface area contributed by atoms with E-state index < -0.39 is 29.4 Å². The molecule has 2 heterocycles. The van der Waals surface area contributed by atoms with Crippen molar-refractivity contribution in [3.63, 3.8) is 0 Å². The van der Waals surface area contributed by atoms with Gasteiger partial charge in [0.1, 0.15) is 10.5 Å². The first kappa shape index (κ1) is 14.9. The highest BCUT2D eigenvalue weighted by molar-refractivity contribution is 7.09. The van der Waals surface area contributed by atoms with Gasteiger partial charge in [-0.05, 0) is 18.8 Å². The lowest BCUT2D eigenvalue weighted by Crippen LogP contribution is -2.49. The maximum Gasteiger partial charge on any atom is 0.323 e. The average molecular weight is 298 g/mol. The van der Waals surface area contributed by atoms with Gasteiger partial charge >= 0.3 is 11.9 Å². The quantitative estimate of drug-likeness (QED) is 0.766. The fraction of sp³-hybridized carbons (Fsp3) is 0.615. The third-order valence-electron chi connectivity index (χ3n) is 3.60. The number of carbonyl (C=O) groups is 2. The number of hydrogen-bond acceptors (Lipinski definition) is 5. The van der Waals surface area contributed by atoms with E-state index in [0.29, 0.717) is 11.4 Å². The Morgan fingerprint density at radius 1 is 1.55 bits per heavy atom. The molecule has 20 heavy (non-hydrogen) atoms. The summed E-state index contributed by atoms with van der Waals surface area (Å²) in [5.41, 5.74) is -1.19. The van der Waals surface area contributed by atoms with Crippen LogP contribution in [0.15, 0.2) is 11.6 Å². The minimum Gasteiger partial charge on any atom is -0.481 e. The zero-order valence-corrected chi connectivity index (χ0v) is 12.2. The van der Waals surface area contributed by atoms with Crippen LogP contribution in [0, 0.1) is 11.8 Å². The van der Waals surface area contributed by atoms with Crippen LogP contribution in [0.4, 0.5) is 0 Å². The molecule has 0 radical (unpaired) electrons. The average Bonchev–Trinajstić information content (AvgIpc) is 2.94. The van der Waals surface area contributed by atoms with E-state index >= 15 is 0 Å². The molecule has 0 spiro atoms. The van der Waals surface area contributed by atoms with Gasteiger partial charge in [-0.1, -0.05) is 13.8 Å². The van der Waals surface area contributed by atoms with Crippen molar-refractivity contribution in [3.05, 3.63) is 16.6 Å². The van der Waals surface area contributed by atoms with Crippen LogP contribution < -0.4 is 5.32 Å². The van der Waals surface area contributed by atoms with Crippen molar-refractivity contribution >= 4 is 23.3 Å². The second-order valence-corrected chi connectivity index (χ2v) is 6.55. The minimum atomic E-state index is -1.19. The molecule has 1 aliphatic rings. The van der Waals surface area contributed by atoms with E-state index in [0.717, 1.165) is 0 Å². The second kappa shape index (κ2) is 5.49. The van der Waals surface area contributed by atoms with Crippen LogP contribution in [0.2, 0.25) is 0 Å². The Bertz CT molecular complexity index is 502. The molecule has 2 rings (SSSR count). The van der Waals surface area contributed by atoms with E-state index in [1.54, 1.807) is 11.6 Å². The highest BCUT2D eigenvalue weighted by Gasteiger charge is 2.53. The number of thiazole rings is 1. The molecule has 0 bridgehead atoms. The van der Waals surface area contributed by atoms with Gasteiger partial charge in [0.2, 0.25) is 0 Å². The monoisotopic (exact) mass is 298 g/mol. The zero-order valence-electron chi connectivity index (χ0n) is 11.4. The molecule has 0 aliphatic carbocycles. The third kappa shape index (κ3) is 2.69. The Balaban J connectivity index is 2.35. The molecule has 0 unspecified atom stereocenters. The minimum absolute atomic E-state index is 0.0834. The molecule has 0 amide bonds. The molecular formula is C13H18N2O4S. The molecule has 1 saturated heterocycles. The fourth-order valence-electron chi connectivity index (χ4n) is 2.88. The number of rotatable bonds is 5. The topological polar surface area (TPSA) is 99.5 Å². The van der Waals surface area contributed by atoms with E-state index in [4.69, 9.17) is 0 Å². The van der Waals surface area contributed by atoms with Crippen molar-refractivity contribution in [1.82, 2.24) is 10.3 Å². The molecule has 7 heteroatoms. The lowest BCUT2D eigenvalue weighted by atomic mass is 9.84. The number of nitrogens with zero attached hydrogens (tertiary/aromatic N) is 1. The summed E-state index contributed by atoms with van der Waals surface area (Å²) in [6.45, 7) is 3.86. The van der Waals surface area contributed by atoms with Gasteiger partial charge in [0, 0.05) is 11.6 Å². The summed E-state index contributed by atoms with van der Waals surface area (Å²) in [4.78, 5) is 27.3. The number of carboxylic acids is 2. The lowest BCUT2D eigenvalue weighted by molar-refractivity contribution is -0.145. The van der Waals surface area contributed by atoms with E-state index in [1.807, 2.05) is 13.8 Å². The van der Waals surface area contributed by atoms with E-state index in [9.17, 15) is 19.8 Å². The Labute approximate surface area is 120 Å². The molecular weight excluding hydrogens is 280 g/mol. The van der Waals surface area contributed by atoms with Gasteiger partial charge < -0.3 is 10.2 Å². The predicted molar refractivity (Wildman–Crippen MR) is 73.6 cm³/mol. The molecule has 6 nitrogen and oxygen atoms in total. The number of aromatic nitrogens is 1. The van der Waals surface area contributed by atoms with Crippen molar-refractivity contribution in [2.45, 2.75) is 38.3 Å². The summed E-state index contributed by atoms with van der Waals surface area (Å²) < 4.78 is 0. The van der Waals surface area contributed by atoms with Crippen molar-refractivity contribution in [3.8, 4) is 0 Å². The maximum absolute atomic E-state index is 11.7. The Hall–Kier alpha value is -1.47. The van der Waals surface area contributed by atoms with Crippen LogP contribution in [0.3, 0.4) is 0 Å². The number of nitrogens with one attached hydrogen (secondary N) is 1. The predicted octanol–water partition coefficient (Wildman–Crippen LogP) is 1.75. The van der Waals surface area contributed by atoms with Crippen LogP contribution in [-0.4, -0.2) is 32.7 Å². The number of aliphatic carboxylic acids is 2. The van der Waals surface area contributed by atoms with Gasteiger partial charge in [-0.2, -0.15) is 0 Å². The largest absolute Gasteiger partial charge is 0.481 e. The van der Waals surface area contributed by atoms with E-state index in [1.165, 1.54) is 11.3 Å². The summed E-state index contributed by atoms with van der Waals surface area (Å²) in [5.74, 6) is -2.58. The standard InChI is InChI=1S/C13H18N2O4S/c1-7(2)5-13(12(18)19)6-8(11(16)17)9(15-13)10-14-3-4-20-10/h3-4,7-9,15H,5-6H2,1-2H3,(H,16,17)(H,18,19)/t8-,9+,13-/m0/s1. The van der Waals surface area contributed by atoms with Crippen LogP contribution in [0.25, 0.3) is 0 Å². The second-order valence-electron chi connectivity index (χ2n) is 5.63. The van der Waals surface area contributed by atoms with Crippen LogP contribution >= 0.6 is 11.3 Å². The normalized spacial score (nSPS) is 29.8. The molecule has 1 aromatic rings. The number of hydrogen-bond donors (Lipinski definition) is 3. The molecule has 3 atom stereocenters. The summed E-state index contributed by atoms with van der Waals surface area (Å²) in [6, 6.07) is -0.539. The number of carboxylic acid groups (broad SMARTS) is 2. The highest BCUT2D eigenvalue weighted by Crippen LogP contribution is 2.42. The van der Waals surface area contributed by atoms with Gasteiger partial charge in [0.15, 0.2) is 0 Å². The molecule has 1 aromatic heterocycles. The van der Waals surface area contributed by atoms with Gasteiger partial charge in [-0.3, -0.25) is 14.9 Å². The summed E-state index contributed by atoms with van der Waals surface area (Å²) >= 11 is 1.34. The lowest BCUT2D eigenvalue weighted by Gasteiger charge is -2.27. The third-order valence-corrected chi connectivity index (χ3v) is 4.46. The fourth-order valence-corrected chi connectivity index (χ4v) is 3.63. The Morgan fingerprint density at radius 3 is 2.70 bits per heavy atom. The first-order valence-electron chi connectivity index (χ1n) is 6.49. The zero-order chi connectivity index (χ0) is 14.9. The summed E-state index contributed by atoms with van der Waals surface area (Å²) in [7, 11) is 0. The molecule has 0 aromatic carbocycles. The van der Waals surface area contributed by atoms with Gasteiger partial charge in [0.05, 0.1) is 12.0 Å². The van der Waals surface area contributed by atoms with Crippen molar-refractivity contribution < 1.29 is 19.8 Å². The Kier molecular flexibility index (Phi) is 4.10. The van der Waals surface area contributed by atoms with Crippen LogP contribution in [-0.2, 0) is 9.59 Å². The van der Waals surface area contributed by atoms with Crippen LogP contribution in [0.5, 0.6) is 0 Å². The molecule has 0 saturated carbocycles. The van der Waals surface area contributed by atoms with Gasteiger partial charge in [-0.15, -0.1) is 11.3 Å². The molecule has 110 valence electrons. The van der Waals surface area contributed by atoms with Gasteiger partial charge in [0.25, 0.3) is 0 Å². The SMILES string of the molecule is CC(C)C[C@@]1(C(=O)O)C[C@H](C(=O)O)[C@H](c2nccs2)N1. The van der Waals surface area contributed by atoms with Gasteiger partial charge in [-0.25, -0.2) is 4.98 Å². The van der Waals surface area contributed by atoms with Crippen molar-refractivity contribution in [2.24, 2.45) is 11.8 Å². The maximum atomic E-state index is 11.7. The van der Waals surface area contributed by atoms with E-state index in [-0.39, 0.29) is 12.3 Å². The van der Waals surface area contributed by atoms with Crippen molar-refractivity contribution in [2.75, 3.05) is 0 Å². The molecule has 3 N–H and O–H groups in total. The Morgan fingerprint density at radius 2 is 2.25 bits per heavy atom. The van der Waals surface area contributed by atoms with E-state index in [2.05, 4.69) is 10.3 Å². The first-order valence-corrected chi connectivity index (χ1v) is 7.37.